The van der Waals surface area contributed by atoms with Crippen molar-refractivity contribution in [1.82, 2.24) is 0 Å². The SMILES string of the molecule is CCCCCCCCCCc1ccc(OC(=O)O)c(O)c1OCCCCCCCCC. The fourth-order valence-corrected chi connectivity index (χ4v) is 3.81. The monoisotopic (exact) mass is 436 g/mol. The summed E-state index contributed by atoms with van der Waals surface area (Å²) in [5.74, 6) is 0.108. The van der Waals surface area contributed by atoms with E-state index in [1.165, 1.54) is 76.7 Å². The molecule has 1 aromatic carbocycles. The molecule has 1 rings (SSSR count). The molecular weight excluding hydrogens is 392 g/mol. The number of ether oxygens (including phenoxy) is 2. The standard InChI is InChI=1S/C26H44O5/c1-3-5-7-9-11-12-14-16-18-22-19-20-23(31-26(28)29)24(27)25(22)30-21-17-15-13-10-8-6-4-2/h19-20,27H,3-18,21H2,1-2H3,(H,28,29). The number of aryl methyl sites for hydroxylation is 1. The number of phenols is 1. The maximum absolute atomic E-state index is 10.9. The zero-order chi connectivity index (χ0) is 22.7. The van der Waals surface area contributed by atoms with Crippen molar-refractivity contribution in [2.45, 2.75) is 117 Å². The number of hydrogen-bond acceptors (Lipinski definition) is 4. The molecule has 0 bridgehead atoms. The Morgan fingerprint density at radius 3 is 1.84 bits per heavy atom. The van der Waals surface area contributed by atoms with Gasteiger partial charge in [-0.1, -0.05) is 103 Å². The number of unbranched alkanes of at least 4 members (excludes halogenated alkanes) is 13. The van der Waals surface area contributed by atoms with E-state index in [0.717, 1.165) is 37.7 Å². The molecule has 0 aliphatic carbocycles. The van der Waals surface area contributed by atoms with E-state index in [9.17, 15) is 9.90 Å². The summed E-state index contributed by atoms with van der Waals surface area (Å²) in [7, 11) is 0. The summed E-state index contributed by atoms with van der Waals surface area (Å²) in [6.07, 6.45) is 17.6. The molecule has 0 aromatic heterocycles. The first-order valence-electron chi connectivity index (χ1n) is 12.5. The molecule has 0 spiro atoms. The number of hydrogen-bond donors (Lipinski definition) is 2. The van der Waals surface area contributed by atoms with Gasteiger partial charge in [0.05, 0.1) is 6.61 Å². The molecule has 0 unspecified atom stereocenters. The highest BCUT2D eigenvalue weighted by Gasteiger charge is 2.17. The van der Waals surface area contributed by atoms with Crippen molar-refractivity contribution < 1.29 is 24.5 Å². The van der Waals surface area contributed by atoms with E-state index in [1.54, 1.807) is 0 Å². The van der Waals surface area contributed by atoms with Crippen LogP contribution in [0.15, 0.2) is 12.1 Å². The Labute approximate surface area is 189 Å². The lowest BCUT2D eigenvalue weighted by Gasteiger charge is -2.15. The highest BCUT2D eigenvalue weighted by atomic mass is 16.7. The number of aromatic hydroxyl groups is 1. The van der Waals surface area contributed by atoms with Gasteiger partial charge in [-0.05, 0) is 30.9 Å². The zero-order valence-corrected chi connectivity index (χ0v) is 19.8. The van der Waals surface area contributed by atoms with Crippen molar-refractivity contribution in [2.75, 3.05) is 6.61 Å². The molecule has 0 saturated carbocycles. The van der Waals surface area contributed by atoms with Gasteiger partial charge < -0.3 is 19.7 Å². The Balaban J connectivity index is 2.51. The maximum Gasteiger partial charge on any atom is 0.511 e. The molecule has 5 nitrogen and oxygen atoms in total. The number of rotatable bonds is 19. The van der Waals surface area contributed by atoms with E-state index in [0.29, 0.717) is 12.4 Å². The molecule has 178 valence electrons. The van der Waals surface area contributed by atoms with E-state index in [1.807, 2.05) is 6.07 Å². The molecule has 0 fully saturated rings. The smallest absolute Gasteiger partial charge is 0.502 e. The third kappa shape index (κ3) is 12.5. The van der Waals surface area contributed by atoms with Crippen LogP contribution in [0, 0.1) is 0 Å². The Bertz CT molecular complexity index is 600. The van der Waals surface area contributed by atoms with Crippen LogP contribution < -0.4 is 9.47 Å². The van der Waals surface area contributed by atoms with Gasteiger partial charge in [0.2, 0.25) is 5.75 Å². The lowest BCUT2D eigenvalue weighted by molar-refractivity contribution is 0.142. The first-order chi connectivity index (χ1) is 15.1. The Morgan fingerprint density at radius 2 is 1.29 bits per heavy atom. The van der Waals surface area contributed by atoms with Crippen molar-refractivity contribution in [3.63, 3.8) is 0 Å². The van der Waals surface area contributed by atoms with Crippen LogP contribution >= 0.6 is 0 Å². The second kappa shape index (κ2) is 17.7. The molecule has 2 N–H and O–H groups in total. The lowest BCUT2D eigenvalue weighted by Crippen LogP contribution is -2.06. The van der Waals surface area contributed by atoms with Gasteiger partial charge in [-0.3, -0.25) is 0 Å². The molecule has 31 heavy (non-hydrogen) atoms. The topological polar surface area (TPSA) is 76.0 Å². The fraction of sp³-hybridized carbons (Fsp3) is 0.731. The minimum atomic E-state index is -1.44. The fourth-order valence-electron chi connectivity index (χ4n) is 3.81. The van der Waals surface area contributed by atoms with Crippen LogP contribution in [0.3, 0.4) is 0 Å². The molecular formula is C26H44O5. The van der Waals surface area contributed by atoms with Crippen LogP contribution in [-0.2, 0) is 6.42 Å². The molecule has 0 saturated heterocycles. The average molecular weight is 437 g/mol. The van der Waals surface area contributed by atoms with Gasteiger partial charge in [-0.25, -0.2) is 4.79 Å². The second-order valence-electron chi connectivity index (χ2n) is 8.46. The third-order valence-electron chi connectivity index (χ3n) is 5.67. The lowest BCUT2D eigenvalue weighted by atomic mass is 10.0. The van der Waals surface area contributed by atoms with Crippen molar-refractivity contribution in [3.8, 4) is 17.2 Å². The van der Waals surface area contributed by atoms with E-state index in [4.69, 9.17) is 14.6 Å². The quantitative estimate of drug-likeness (QED) is 0.130. The van der Waals surface area contributed by atoms with Gasteiger partial charge in [-0.15, -0.1) is 0 Å². The summed E-state index contributed by atoms with van der Waals surface area (Å²) >= 11 is 0. The van der Waals surface area contributed by atoms with E-state index >= 15 is 0 Å². The molecule has 0 aliphatic rings. The number of phenolic OH excluding ortho intramolecular Hbond substituents is 1. The predicted molar refractivity (Wildman–Crippen MR) is 127 cm³/mol. The molecule has 5 heteroatoms. The molecule has 0 amide bonds. The second-order valence-corrected chi connectivity index (χ2v) is 8.46. The first-order valence-corrected chi connectivity index (χ1v) is 12.5. The number of benzene rings is 1. The molecule has 0 atom stereocenters. The molecule has 0 radical (unpaired) electrons. The van der Waals surface area contributed by atoms with Crippen LogP contribution in [0.5, 0.6) is 17.2 Å². The van der Waals surface area contributed by atoms with Crippen LogP contribution in [0.25, 0.3) is 0 Å². The van der Waals surface area contributed by atoms with Crippen LogP contribution in [0.2, 0.25) is 0 Å². The molecule has 0 heterocycles. The van der Waals surface area contributed by atoms with E-state index < -0.39 is 6.16 Å². The summed E-state index contributed by atoms with van der Waals surface area (Å²) in [5, 5.41) is 19.4. The highest BCUT2D eigenvalue weighted by molar-refractivity contribution is 5.65. The van der Waals surface area contributed by atoms with Crippen molar-refractivity contribution >= 4 is 6.16 Å². The summed E-state index contributed by atoms with van der Waals surface area (Å²) in [5.41, 5.74) is 0.921. The van der Waals surface area contributed by atoms with Gasteiger partial charge in [0.25, 0.3) is 0 Å². The van der Waals surface area contributed by atoms with Gasteiger partial charge in [0, 0.05) is 0 Å². The Hall–Kier alpha value is -1.91. The van der Waals surface area contributed by atoms with Crippen molar-refractivity contribution in [3.05, 3.63) is 17.7 Å². The van der Waals surface area contributed by atoms with Crippen LogP contribution in [0.1, 0.15) is 116 Å². The zero-order valence-electron chi connectivity index (χ0n) is 19.8. The highest BCUT2D eigenvalue weighted by Crippen LogP contribution is 2.40. The molecule has 0 aliphatic heterocycles. The maximum atomic E-state index is 10.9. The summed E-state index contributed by atoms with van der Waals surface area (Å²) in [6, 6.07) is 3.34. The normalized spacial score (nSPS) is 10.9. The van der Waals surface area contributed by atoms with Crippen LogP contribution in [0.4, 0.5) is 4.79 Å². The number of carboxylic acid groups (broad SMARTS) is 1. The van der Waals surface area contributed by atoms with Gasteiger partial charge in [0.15, 0.2) is 11.5 Å². The summed E-state index contributed by atoms with van der Waals surface area (Å²) in [6.45, 7) is 4.96. The third-order valence-corrected chi connectivity index (χ3v) is 5.67. The van der Waals surface area contributed by atoms with E-state index in [-0.39, 0.29) is 11.5 Å². The van der Waals surface area contributed by atoms with Crippen LogP contribution in [-0.4, -0.2) is 23.0 Å². The largest absolute Gasteiger partial charge is 0.511 e. The van der Waals surface area contributed by atoms with Gasteiger partial charge in [-0.2, -0.15) is 0 Å². The molecule has 1 aromatic rings. The summed E-state index contributed by atoms with van der Waals surface area (Å²) in [4.78, 5) is 10.9. The average Bonchev–Trinajstić information content (AvgIpc) is 2.75. The minimum Gasteiger partial charge on any atom is -0.502 e. The Morgan fingerprint density at radius 1 is 0.774 bits per heavy atom. The van der Waals surface area contributed by atoms with Gasteiger partial charge >= 0.3 is 6.16 Å². The number of carbonyl (C=O) groups is 1. The van der Waals surface area contributed by atoms with Crippen molar-refractivity contribution in [2.24, 2.45) is 0 Å². The Kier molecular flexibility index (Phi) is 15.5. The van der Waals surface area contributed by atoms with Crippen molar-refractivity contribution in [1.29, 1.82) is 0 Å². The van der Waals surface area contributed by atoms with E-state index in [2.05, 4.69) is 13.8 Å². The first kappa shape index (κ1) is 27.1. The minimum absolute atomic E-state index is 0.0678. The van der Waals surface area contributed by atoms with Gasteiger partial charge in [0.1, 0.15) is 0 Å². The summed E-state index contributed by atoms with van der Waals surface area (Å²) < 4.78 is 10.6. The predicted octanol–water partition coefficient (Wildman–Crippen LogP) is 8.26.